The summed E-state index contributed by atoms with van der Waals surface area (Å²) in [5.41, 5.74) is 11.1. The van der Waals surface area contributed by atoms with E-state index in [4.69, 9.17) is 27.3 Å². The van der Waals surface area contributed by atoms with E-state index in [9.17, 15) is 0 Å². The molecule has 1 aliphatic heterocycles. The number of imidazole rings is 1. The van der Waals surface area contributed by atoms with Gasteiger partial charge in [0, 0.05) is 54.5 Å². The quantitative estimate of drug-likeness (QED) is 0.335. The number of hydrogen-bond acceptors (Lipinski definition) is 8. The Balaban J connectivity index is 1.28. The van der Waals surface area contributed by atoms with E-state index in [-0.39, 0.29) is 23.1 Å². The number of anilines is 2. The van der Waals surface area contributed by atoms with E-state index in [0.717, 1.165) is 65.3 Å². The van der Waals surface area contributed by atoms with Gasteiger partial charge in [-0.3, -0.25) is 9.38 Å². The molecule has 2 aliphatic rings. The lowest BCUT2D eigenvalue weighted by molar-refractivity contribution is 0.186. The summed E-state index contributed by atoms with van der Waals surface area (Å²) in [7, 11) is 8.66. The third kappa shape index (κ3) is 4.60. The highest BCUT2D eigenvalue weighted by Gasteiger charge is 2.47. The van der Waals surface area contributed by atoms with E-state index >= 15 is 0 Å². The van der Waals surface area contributed by atoms with Crippen LogP contribution in [0.25, 0.3) is 5.65 Å². The summed E-state index contributed by atoms with van der Waals surface area (Å²) in [6.07, 6.45) is 10.6. The standard InChI is InChI=1S/C26H33B4ClN8S/c1-14-19(40-17-4-8-34-21(18(17)31)39(23(27)28)24(29)30)22-35-9-12-38(22)25(36-14)37-10-5-26(6-11-37)13-16-15(20(26)32)3-2-7-33-16/h2-4,7-9,12,20,23-24H,5-6,10-11,13,27-30,32H2,1H3/t20-/m1/s1. The van der Waals surface area contributed by atoms with Crippen molar-refractivity contribution < 1.29 is 0 Å². The molecule has 8 nitrogen and oxygen atoms in total. The van der Waals surface area contributed by atoms with Gasteiger partial charge in [0.2, 0.25) is 5.95 Å². The Hall–Kier alpha value is -2.62. The normalized spacial score (nSPS) is 18.2. The minimum atomic E-state index is 0.0393. The summed E-state index contributed by atoms with van der Waals surface area (Å²) in [6, 6.07) is 6.16. The maximum atomic E-state index is 6.98. The fourth-order valence-electron chi connectivity index (χ4n) is 6.56. The maximum absolute atomic E-state index is 6.98. The Morgan fingerprint density at radius 3 is 2.52 bits per heavy atom. The second kappa shape index (κ2) is 10.7. The molecule has 1 saturated heterocycles. The van der Waals surface area contributed by atoms with Crippen LogP contribution in [0.15, 0.2) is 52.8 Å². The van der Waals surface area contributed by atoms with Crippen LogP contribution in [0.5, 0.6) is 0 Å². The van der Waals surface area contributed by atoms with Gasteiger partial charge in [0.05, 0.1) is 15.6 Å². The van der Waals surface area contributed by atoms with Gasteiger partial charge in [-0.15, -0.1) is 0 Å². The lowest BCUT2D eigenvalue weighted by Crippen LogP contribution is -2.45. The van der Waals surface area contributed by atoms with Gasteiger partial charge >= 0.3 is 0 Å². The average molecular weight is 568 g/mol. The van der Waals surface area contributed by atoms with Crippen LogP contribution < -0.4 is 15.5 Å². The summed E-state index contributed by atoms with van der Waals surface area (Å²) in [4.78, 5) is 25.7. The number of rotatable bonds is 6. The fraction of sp³-hybridized carbons (Fsp3) is 0.385. The summed E-state index contributed by atoms with van der Waals surface area (Å²) in [5.74, 6) is 2.29. The van der Waals surface area contributed by atoms with E-state index in [0.29, 0.717) is 5.02 Å². The van der Waals surface area contributed by atoms with Gasteiger partial charge in [0.15, 0.2) is 5.65 Å². The average Bonchev–Trinajstić information content (AvgIpc) is 3.51. The molecule has 4 aromatic rings. The number of nitrogens with two attached hydrogens (primary N) is 1. The second-order valence-electron chi connectivity index (χ2n) is 11.6. The maximum Gasteiger partial charge on any atom is 0.211 e. The van der Waals surface area contributed by atoms with Crippen molar-refractivity contribution in [2.24, 2.45) is 11.1 Å². The van der Waals surface area contributed by atoms with Crippen LogP contribution in [0.2, 0.25) is 5.02 Å². The highest BCUT2D eigenvalue weighted by molar-refractivity contribution is 7.99. The summed E-state index contributed by atoms with van der Waals surface area (Å²) >= 11 is 8.59. The minimum absolute atomic E-state index is 0.0393. The van der Waals surface area contributed by atoms with Gasteiger partial charge in [-0.25, -0.2) is 15.0 Å². The largest absolute Gasteiger partial charge is 0.382 e. The fourth-order valence-corrected chi connectivity index (χ4v) is 7.85. The zero-order chi connectivity index (χ0) is 28.2. The number of fused-ring (bicyclic) bond motifs is 2. The van der Waals surface area contributed by atoms with E-state index in [2.05, 4.69) is 68.5 Å². The monoisotopic (exact) mass is 568 g/mol. The Kier molecular flexibility index (Phi) is 7.34. The van der Waals surface area contributed by atoms with Crippen molar-refractivity contribution in [3.05, 3.63) is 65.0 Å². The highest BCUT2D eigenvalue weighted by atomic mass is 35.5. The van der Waals surface area contributed by atoms with Crippen molar-refractivity contribution in [2.45, 2.75) is 53.7 Å². The molecule has 0 radical (unpaired) electrons. The van der Waals surface area contributed by atoms with Crippen LogP contribution in [0.4, 0.5) is 11.8 Å². The molecule has 0 unspecified atom stereocenters. The molecule has 1 aliphatic carbocycles. The summed E-state index contributed by atoms with van der Waals surface area (Å²) in [6.45, 7) is 3.85. The highest BCUT2D eigenvalue weighted by Crippen LogP contribution is 2.50. The van der Waals surface area contributed by atoms with Crippen molar-refractivity contribution in [1.29, 1.82) is 0 Å². The first-order valence-corrected chi connectivity index (χ1v) is 15.3. The zero-order valence-electron chi connectivity index (χ0n) is 23.8. The molecule has 1 fully saturated rings. The smallest absolute Gasteiger partial charge is 0.211 e. The molecule has 2 N–H and O–H groups in total. The molecule has 14 heteroatoms. The topological polar surface area (TPSA) is 88.5 Å². The van der Waals surface area contributed by atoms with Crippen LogP contribution in [0, 0.1) is 12.3 Å². The molecule has 0 aromatic carbocycles. The Labute approximate surface area is 248 Å². The van der Waals surface area contributed by atoms with Gasteiger partial charge in [-0.1, -0.05) is 29.4 Å². The summed E-state index contributed by atoms with van der Waals surface area (Å²) < 4.78 is 2.11. The predicted molar refractivity (Wildman–Crippen MR) is 174 cm³/mol. The molecule has 40 heavy (non-hydrogen) atoms. The number of hydrogen-bond donors (Lipinski definition) is 1. The van der Waals surface area contributed by atoms with E-state index in [1.54, 1.807) is 11.8 Å². The first kappa shape index (κ1) is 27.5. The molecule has 0 bridgehead atoms. The number of piperidine rings is 1. The first-order chi connectivity index (χ1) is 19.2. The lowest BCUT2D eigenvalue weighted by Gasteiger charge is -2.42. The predicted octanol–water partition coefficient (Wildman–Crippen LogP) is 0.381. The Bertz CT molecular complexity index is 1550. The summed E-state index contributed by atoms with van der Waals surface area (Å²) in [5, 5.41) is 0.660. The molecule has 1 spiro atoms. The van der Waals surface area contributed by atoms with Crippen molar-refractivity contribution in [3.8, 4) is 0 Å². The van der Waals surface area contributed by atoms with Gasteiger partial charge in [-0.2, -0.15) is 0 Å². The zero-order valence-corrected chi connectivity index (χ0v) is 25.4. The van der Waals surface area contributed by atoms with Crippen molar-refractivity contribution in [2.75, 3.05) is 22.9 Å². The van der Waals surface area contributed by atoms with E-state index in [1.807, 2.05) is 36.9 Å². The third-order valence-corrected chi connectivity index (χ3v) is 10.3. The molecule has 0 saturated carbocycles. The SMILES string of the molecule is BC(B)N(c1nccc(Sc2c(C)nc(N3CCC4(CC3)Cc3ncccc3[C@H]4N)n3ccnc23)c1Cl)C(B)B. The Morgan fingerprint density at radius 2 is 1.82 bits per heavy atom. The van der Waals surface area contributed by atoms with Crippen LogP contribution in [0.1, 0.15) is 35.8 Å². The van der Waals surface area contributed by atoms with E-state index in [1.165, 1.54) is 11.3 Å². The van der Waals surface area contributed by atoms with Gasteiger partial charge in [0.25, 0.3) is 0 Å². The Morgan fingerprint density at radius 1 is 1.07 bits per heavy atom. The number of aryl methyl sites for hydroxylation is 1. The minimum Gasteiger partial charge on any atom is -0.382 e. The number of nitrogens with zero attached hydrogens (tertiary/aromatic N) is 7. The van der Waals surface area contributed by atoms with Gasteiger partial charge in [-0.05, 0) is 61.0 Å². The van der Waals surface area contributed by atoms with E-state index < -0.39 is 0 Å². The number of pyridine rings is 2. The molecule has 4 aromatic heterocycles. The van der Waals surface area contributed by atoms with Crippen molar-refractivity contribution in [1.82, 2.24) is 24.3 Å². The van der Waals surface area contributed by atoms with Crippen molar-refractivity contribution >= 4 is 72.2 Å². The first-order valence-electron chi connectivity index (χ1n) is 14.1. The third-order valence-electron chi connectivity index (χ3n) is 8.54. The van der Waals surface area contributed by atoms with Crippen LogP contribution in [-0.2, 0) is 6.42 Å². The molecule has 6 rings (SSSR count). The van der Waals surface area contributed by atoms with Crippen molar-refractivity contribution in [3.63, 3.8) is 0 Å². The van der Waals surface area contributed by atoms with Gasteiger partial charge < -0.3 is 15.5 Å². The number of halogens is 1. The lowest BCUT2D eigenvalue weighted by atomic mass is 9.69. The second-order valence-corrected chi connectivity index (χ2v) is 13.1. The molecule has 1 atom stereocenters. The molecular weight excluding hydrogens is 535 g/mol. The number of aromatic nitrogens is 5. The molecule has 202 valence electrons. The molecule has 0 amide bonds. The molecular formula is C26H33B4ClN8S. The molecule has 5 heterocycles. The van der Waals surface area contributed by atoms with Crippen LogP contribution >= 0.6 is 23.4 Å². The van der Waals surface area contributed by atoms with Crippen LogP contribution in [-0.4, -0.2) is 80.5 Å². The van der Waals surface area contributed by atoms with Gasteiger partial charge in [0.1, 0.15) is 37.2 Å². The van der Waals surface area contributed by atoms with Crippen LogP contribution in [0.3, 0.4) is 0 Å².